The lowest BCUT2D eigenvalue weighted by atomic mass is 9.87. The number of aliphatic imine (C=N–C) groups is 1. The van der Waals surface area contributed by atoms with Crippen LogP contribution in [0.2, 0.25) is 0 Å². The summed E-state index contributed by atoms with van der Waals surface area (Å²) < 4.78 is 43.5. The van der Waals surface area contributed by atoms with Gasteiger partial charge < -0.3 is 16.0 Å². The van der Waals surface area contributed by atoms with E-state index >= 15 is 0 Å². The van der Waals surface area contributed by atoms with Crippen molar-refractivity contribution < 1.29 is 18.0 Å². The molecule has 0 radical (unpaired) electrons. The van der Waals surface area contributed by atoms with Crippen LogP contribution in [0.25, 0.3) is 0 Å². The van der Waals surface area contributed by atoms with Crippen LogP contribution < -0.4 is 11.5 Å². The molecular formula is C15H13F3N4O. The van der Waals surface area contributed by atoms with Crippen LogP contribution in [0.4, 0.5) is 13.2 Å². The number of hydrogen-bond acceptors (Lipinski definition) is 3. The molecule has 8 heteroatoms. The third-order valence-electron chi connectivity index (χ3n) is 3.90. The molecule has 1 aromatic heterocycles. The fourth-order valence-electron chi connectivity index (χ4n) is 2.74. The number of amides is 1. The molecule has 4 N–H and O–H groups in total. The molecule has 0 saturated heterocycles. The van der Waals surface area contributed by atoms with Gasteiger partial charge in [0.1, 0.15) is 11.7 Å². The molecule has 5 nitrogen and oxygen atoms in total. The zero-order chi connectivity index (χ0) is 16.8. The van der Waals surface area contributed by atoms with Gasteiger partial charge in [-0.15, -0.1) is 0 Å². The Labute approximate surface area is 129 Å². The van der Waals surface area contributed by atoms with E-state index in [4.69, 9.17) is 11.5 Å². The van der Waals surface area contributed by atoms with Gasteiger partial charge in [-0.25, -0.2) is 18.2 Å². The van der Waals surface area contributed by atoms with Crippen molar-refractivity contribution in [3.05, 3.63) is 59.2 Å². The Morgan fingerprint density at radius 3 is 2.74 bits per heavy atom. The first kappa shape index (κ1) is 15.1. The molecule has 3 rings (SSSR count). The second kappa shape index (κ2) is 5.15. The zero-order valence-electron chi connectivity index (χ0n) is 11.8. The van der Waals surface area contributed by atoms with E-state index in [0.29, 0.717) is 5.69 Å². The zero-order valence-corrected chi connectivity index (χ0v) is 11.8. The summed E-state index contributed by atoms with van der Waals surface area (Å²) in [6, 6.07) is 6.34. The number of nitrogens with two attached hydrogens (primary N) is 2. The maximum Gasteiger partial charge on any atom is 0.269 e. The molecule has 0 spiro atoms. The molecule has 120 valence electrons. The fraction of sp³-hybridized carbons (Fsp3) is 0.200. The highest BCUT2D eigenvalue weighted by molar-refractivity contribution is 5.97. The predicted octanol–water partition coefficient (Wildman–Crippen LogP) is 1.61. The van der Waals surface area contributed by atoms with Crippen LogP contribution in [0.5, 0.6) is 0 Å². The van der Waals surface area contributed by atoms with Gasteiger partial charge in [0, 0.05) is 17.3 Å². The molecule has 1 aliphatic heterocycles. The van der Waals surface area contributed by atoms with E-state index in [1.807, 2.05) is 0 Å². The van der Waals surface area contributed by atoms with Crippen molar-refractivity contribution in [2.24, 2.45) is 16.5 Å². The van der Waals surface area contributed by atoms with Gasteiger partial charge in [-0.3, -0.25) is 4.79 Å². The number of rotatable bonds is 3. The SMILES string of the molecule is NC(=O)c1ccc(F)c(C2(C(F)F)Cn3cccc3C(N)=N2)c1. The number of halogens is 3. The van der Waals surface area contributed by atoms with Crippen LogP contribution in [-0.2, 0) is 12.1 Å². The summed E-state index contributed by atoms with van der Waals surface area (Å²) >= 11 is 0. The van der Waals surface area contributed by atoms with Crippen LogP contribution in [0.15, 0.2) is 41.5 Å². The maximum absolute atomic E-state index is 14.2. The van der Waals surface area contributed by atoms with Crippen LogP contribution in [0, 0.1) is 5.82 Å². The summed E-state index contributed by atoms with van der Waals surface area (Å²) in [6.45, 7) is -0.299. The molecule has 1 amide bonds. The van der Waals surface area contributed by atoms with Gasteiger partial charge in [0.2, 0.25) is 5.91 Å². The maximum atomic E-state index is 14.2. The lowest BCUT2D eigenvalue weighted by molar-refractivity contribution is 0.0386. The third kappa shape index (κ3) is 2.26. The van der Waals surface area contributed by atoms with E-state index in [2.05, 4.69) is 4.99 Å². The molecule has 0 fully saturated rings. The normalized spacial score (nSPS) is 20.3. The van der Waals surface area contributed by atoms with Crippen molar-refractivity contribution in [2.45, 2.75) is 18.5 Å². The van der Waals surface area contributed by atoms with Crippen molar-refractivity contribution in [1.82, 2.24) is 4.57 Å². The van der Waals surface area contributed by atoms with Crippen molar-refractivity contribution in [2.75, 3.05) is 0 Å². The number of benzene rings is 1. The molecule has 0 bridgehead atoms. The van der Waals surface area contributed by atoms with Crippen molar-refractivity contribution in [3.63, 3.8) is 0 Å². The van der Waals surface area contributed by atoms with E-state index in [1.165, 1.54) is 4.57 Å². The molecule has 0 aliphatic carbocycles. The minimum absolute atomic E-state index is 0.0755. The Morgan fingerprint density at radius 2 is 2.09 bits per heavy atom. The Kier molecular flexibility index (Phi) is 3.39. The van der Waals surface area contributed by atoms with Crippen molar-refractivity contribution in [3.8, 4) is 0 Å². The summed E-state index contributed by atoms with van der Waals surface area (Å²) in [4.78, 5) is 15.2. The average Bonchev–Trinajstić information content (AvgIpc) is 2.95. The molecule has 1 aliphatic rings. The van der Waals surface area contributed by atoms with Crippen molar-refractivity contribution in [1.29, 1.82) is 0 Å². The highest BCUT2D eigenvalue weighted by Gasteiger charge is 2.47. The second-order valence-electron chi connectivity index (χ2n) is 5.30. The largest absolute Gasteiger partial charge is 0.382 e. The lowest BCUT2D eigenvalue weighted by Crippen LogP contribution is -2.44. The highest BCUT2D eigenvalue weighted by atomic mass is 19.3. The molecule has 23 heavy (non-hydrogen) atoms. The summed E-state index contributed by atoms with van der Waals surface area (Å²) in [6.07, 6.45) is -1.47. The Morgan fingerprint density at radius 1 is 1.35 bits per heavy atom. The first-order chi connectivity index (χ1) is 10.8. The number of carbonyl (C=O) groups excluding carboxylic acids is 1. The van der Waals surface area contributed by atoms with E-state index in [1.54, 1.807) is 18.3 Å². The third-order valence-corrected chi connectivity index (χ3v) is 3.90. The molecular weight excluding hydrogens is 309 g/mol. The highest BCUT2D eigenvalue weighted by Crippen LogP contribution is 2.39. The number of hydrogen-bond donors (Lipinski definition) is 2. The van der Waals surface area contributed by atoms with Gasteiger partial charge in [-0.05, 0) is 30.3 Å². The van der Waals surface area contributed by atoms with Crippen LogP contribution in [0.3, 0.4) is 0 Å². The number of nitrogens with zero attached hydrogens (tertiary/aromatic N) is 2. The van der Waals surface area contributed by atoms with Crippen LogP contribution in [0.1, 0.15) is 21.6 Å². The van der Waals surface area contributed by atoms with E-state index in [-0.39, 0.29) is 17.9 Å². The van der Waals surface area contributed by atoms with Gasteiger partial charge in [0.25, 0.3) is 6.43 Å². The number of fused-ring (bicyclic) bond motifs is 1. The number of amidine groups is 1. The van der Waals surface area contributed by atoms with Crippen LogP contribution in [-0.4, -0.2) is 22.7 Å². The van der Waals surface area contributed by atoms with E-state index in [9.17, 15) is 18.0 Å². The molecule has 0 saturated carbocycles. The first-order valence-corrected chi connectivity index (χ1v) is 6.74. The van der Waals surface area contributed by atoms with E-state index < -0.39 is 29.3 Å². The van der Waals surface area contributed by atoms with Gasteiger partial charge in [-0.1, -0.05) is 0 Å². The predicted molar refractivity (Wildman–Crippen MR) is 77.8 cm³/mol. The van der Waals surface area contributed by atoms with E-state index in [0.717, 1.165) is 18.2 Å². The topological polar surface area (TPSA) is 86.4 Å². The number of alkyl halides is 2. The Bertz CT molecular complexity index is 815. The molecule has 1 atom stereocenters. The number of primary amides is 1. The Hall–Kier alpha value is -2.77. The van der Waals surface area contributed by atoms with Gasteiger partial charge in [-0.2, -0.15) is 0 Å². The molecule has 2 heterocycles. The first-order valence-electron chi connectivity index (χ1n) is 6.74. The molecule has 1 aromatic carbocycles. The number of carbonyl (C=O) groups is 1. The fourth-order valence-corrected chi connectivity index (χ4v) is 2.74. The summed E-state index contributed by atoms with van der Waals surface area (Å²) in [5, 5.41) is 0. The second-order valence-corrected chi connectivity index (χ2v) is 5.30. The number of aromatic nitrogens is 1. The van der Waals surface area contributed by atoms with Crippen LogP contribution >= 0.6 is 0 Å². The quantitative estimate of drug-likeness (QED) is 0.899. The minimum Gasteiger partial charge on any atom is -0.382 e. The monoisotopic (exact) mass is 322 g/mol. The summed E-state index contributed by atoms with van der Waals surface area (Å²) in [7, 11) is 0. The summed E-state index contributed by atoms with van der Waals surface area (Å²) in [5.41, 5.74) is 8.70. The molecule has 1 unspecified atom stereocenters. The van der Waals surface area contributed by atoms with Gasteiger partial charge in [0.05, 0.1) is 12.2 Å². The van der Waals surface area contributed by atoms with Gasteiger partial charge in [0.15, 0.2) is 5.54 Å². The molecule has 2 aromatic rings. The summed E-state index contributed by atoms with van der Waals surface area (Å²) in [5.74, 6) is -1.86. The lowest BCUT2D eigenvalue weighted by Gasteiger charge is -2.34. The van der Waals surface area contributed by atoms with Gasteiger partial charge >= 0.3 is 0 Å². The minimum atomic E-state index is -3.03. The average molecular weight is 322 g/mol. The standard InChI is InChI=1S/C15H13F3N4O/c16-10-4-3-8(13(20)23)6-9(10)15(14(17)18)7-22-5-1-2-11(22)12(19)21-15/h1-6,14H,7H2,(H2,19,21)(H2,20,23). The smallest absolute Gasteiger partial charge is 0.269 e. The Balaban J connectivity index is 2.23. The van der Waals surface area contributed by atoms with Crippen molar-refractivity contribution >= 4 is 11.7 Å².